The van der Waals surface area contributed by atoms with Gasteiger partial charge in [0.2, 0.25) is 0 Å². The molecule has 0 fully saturated rings. The Kier molecular flexibility index (Phi) is 3.96. The Bertz CT molecular complexity index is 375. The lowest BCUT2D eigenvalue weighted by molar-refractivity contribution is -0.140. The number of halogens is 1. The van der Waals surface area contributed by atoms with E-state index >= 15 is 0 Å². The Morgan fingerprint density at radius 1 is 1.47 bits per heavy atom. The van der Waals surface area contributed by atoms with Crippen LogP contribution in [-0.2, 0) is 15.6 Å². The zero-order valence-electron chi connectivity index (χ0n) is 8.14. The first kappa shape index (κ1) is 11.8. The molecule has 0 spiro atoms. The van der Waals surface area contributed by atoms with Gasteiger partial charge in [-0.25, -0.2) is 4.39 Å². The van der Waals surface area contributed by atoms with Gasteiger partial charge >= 0.3 is 5.97 Å². The van der Waals surface area contributed by atoms with Gasteiger partial charge in [-0.1, -0.05) is 6.92 Å². The van der Waals surface area contributed by atoms with Crippen molar-refractivity contribution in [2.45, 2.75) is 11.8 Å². The van der Waals surface area contributed by atoms with Gasteiger partial charge in [-0.05, 0) is 24.3 Å². The van der Waals surface area contributed by atoms with Crippen LogP contribution in [0.2, 0.25) is 0 Å². The smallest absolute Gasteiger partial charge is 0.307 e. The van der Waals surface area contributed by atoms with Crippen LogP contribution in [0.25, 0.3) is 0 Å². The molecular weight excluding hydrogens is 219 g/mol. The monoisotopic (exact) mass is 230 g/mol. The average Bonchev–Trinajstić information content (AvgIpc) is 2.18. The van der Waals surface area contributed by atoms with Gasteiger partial charge in [-0.3, -0.25) is 9.00 Å². The molecule has 0 aromatic heterocycles. The Morgan fingerprint density at radius 2 is 2.00 bits per heavy atom. The average molecular weight is 230 g/mol. The zero-order chi connectivity index (χ0) is 11.4. The topological polar surface area (TPSA) is 54.4 Å². The predicted octanol–water partition coefficient (Wildman–Crippen LogP) is 1.65. The van der Waals surface area contributed by atoms with E-state index in [-0.39, 0.29) is 5.75 Å². The molecule has 82 valence electrons. The molecule has 0 radical (unpaired) electrons. The summed E-state index contributed by atoms with van der Waals surface area (Å²) in [6, 6.07) is 5.22. The third-order valence-electron chi connectivity index (χ3n) is 1.90. The van der Waals surface area contributed by atoms with Crippen molar-refractivity contribution >= 4 is 16.8 Å². The fraction of sp³-hybridized carbons (Fsp3) is 0.300. The predicted molar refractivity (Wildman–Crippen MR) is 54.5 cm³/mol. The third kappa shape index (κ3) is 3.43. The van der Waals surface area contributed by atoms with Gasteiger partial charge in [0.25, 0.3) is 0 Å². The van der Waals surface area contributed by atoms with Gasteiger partial charge < -0.3 is 5.11 Å². The normalized spacial score (nSPS) is 14.5. The van der Waals surface area contributed by atoms with Gasteiger partial charge in [0, 0.05) is 10.6 Å². The summed E-state index contributed by atoms with van der Waals surface area (Å²) in [5.74, 6) is -2.01. The summed E-state index contributed by atoms with van der Waals surface area (Å²) in [6.45, 7) is 1.49. The van der Waals surface area contributed by atoms with E-state index in [2.05, 4.69) is 0 Å². The number of carboxylic acids is 1. The van der Waals surface area contributed by atoms with Crippen LogP contribution in [0.5, 0.6) is 0 Å². The largest absolute Gasteiger partial charge is 0.481 e. The summed E-state index contributed by atoms with van der Waals surface area (Å²) in [6.07, 6.45) is 0. The highest BCUT2D eigenvalue weighted by molar-refractivity contribution is 7.85. The maximum Gasteiger partial charge on any atom is 0.307 e. The molecule has 0 aliphatic heterocycles. The molecule has 0 saturated heterocycles. The van der Waals surface area contributed by atoms with Crippen molar-refractivity contribution in [1.29, 1.82) is 0 Å². The molecule has 2 atom stereocenters. The van der Waals surface area contributed by atoms with Crippen LogP contribution in [0.4, 0.5) is 4.39 Å². The standard InChI is InChI=1S/C10H11FO3S/c1-7(10(12)13)6-15(14)9-4-2-8(11)3-5-9/h2-5,7H,6H2,1H3,(H,12,13). The second-order valence-corrected chi connectivity index (χ2v) is 4.70. The van der Waals surface area contributed by atoms with Crippen molar-refractivity contribution in [3.8, 4) is 0 Å². The fourth-order valence-corrected chi connectivity index (χ4v) is 2.21. The summed E-state index contributed by atoms with van der Waals surface area (Å²) >= 11 is 0. The molecule has 0 amide bonds. The van der Waals surface area contributed by atoms with E-state index in [9.17, 15) is 13.4 Å². The van der Waals surface area contributed by atoms with E-state index in [0.717, 1.165) is 0 Å². The Balaban J connectivity index is 2.69. The van der Waals surface area contributed by atoms with Gasteiger partial charge in [0.1, 0.15) is 5.82 Å². The lowest BCUT2D eigenvalue weighted by atomic mass is 10.2. The van der Waals surface area contributed by atoms with E-state index < -0.39 is 28.5 Å². The van der Waals surface area contributed by atoms with Crippen molar-refractivity contribution < 1.29 is 18.5 Å². The molecule has 0 saturated carbocycles. The van der Waals surface area contributed by atoms with Gasteiger partial charge in [-0.15, -0.1) is 0 Å². The SMILES string of the molecule is CC(CS(=O)c1ccc(F)cc1)C(=O)O. The van der Waals surface area contributed by atoms with Crippen molar-refractivity contribution in [2.75, 3.05) is 5.75 Å². The lowest BCUT2D eigenvalue weighted by Gasteiger charge is -2.05. The second kappa shape index (κ2) is 5.02. The van der Waals surface area contributed by atoms with Crippen molar-refractivity contribution in [3.63, 3.8) is 0 Å². The minimum absolute atomic E-state index is 0.0426. The second-order valence-electron chi connectivity index (χ2n) is 3.21. The summed E-state index contributed by atoms with van der Waals surface area (Å²) in [4.78, 5) is 11.0. The van der Waals surface area contributed by atoms with Crippen LogP contribution in [0.1, 0.15) is 6.92 Å². The highest BCUT2D eigenvalue weighted by Crippen LogP contribution is 2.11. The number of hydrogen-bond donors (Lipinski definition) is 1. The summed E-state index contributed by atoms with van der Waals surface area (Å²) in [5, 5.41) is 8.63. The Labute approximate surface area is 89.4 Å². The number of carbonyl (C=O) groups is 1. The molecule has 0 bridgehead atoms. The van der Waals surface area contributed by atoms with Crippen LogP contribution in [-0.4, -0.2) is 21.0 Å². The maximum absolute atomic E-state index is 12.5. The molecule has 1 aromatic carbocycles. The van der Waals surface area contributed by atoms with Gasteiger partial charge in [-0.2, -0.15) is 0 Å². The first-order valence-electron chi connectivity index (χ1n) is 4.37. The van der Waals surface area contributed by atoms with Gasteiger partial charge in [0.15, 0.2) is 0 Å². The van der Waals surface area contributed by atoms with Crippen LogP contribution in [0, 0.1) is 11.7 Å². The zero-order valence-corrected chi connectivity index (χ0v) is 8.96. The molecular formula is C10H11FO3S. The number of benzene rings is 1. The van der Waals surface area contributed by atoms with Crippen LogP contribution in [0.15, 0.2) is 29.2 Å². The minimum atomic E-state index is -1.39. The molecule has 1 rings (SSSR count). The van der Waals surface area contributed by atoms with Crippen LogP contribution >= 0.6 is 0 Å². The number of carboxylic acid groups (broad SMARTS) is 1. The molecule has 15 heavy (non-hydrogen) atoms. The molecule has 0 aliphatic carbocycles. The third-order valence-corrected chi connectivity index (χ3v) is 3.50. The number of hydrogen-bond acceptors (Lipinski definition) is 2. The molecule has 0 aliphatic rings. The molecule has 1 N–H and O–H groups in total. The highest BCUT2D eigenvalue weighted by atomic mass is 32.2. The lowest BCUT2D eigenvalue weighted by Crippen LogP contribution is -2.17. The van der Waals surface area contributed by atoms with E-state index in [1.54, 1.807) is 0 Å². The van der Waals surface area contributed by atoms with E-state index in [1.807, 2.05) is 0 Å². The van der Waals surface area contributed by atoms with Crippen molar-refractivity contribution in [2.24, 2.45) is 5.92 Å². The maximum atomic E-state index is 12.5. The molecule has 3 nitrogen and oxygen atoms in total. The van der Waals surface area contributed by atoms with Crippen molar-refractivity contribution in [3.05, 3.63) is 30.1 Å². The summed E-state index contributed by atoms with van der Waals surface area (Å²) in [5.41, 5.74) is 0. The summed E-state index contributed by atoms with van der Waals surface area (Å²) in [7, 11) is -1.39. The van der Waals surface area contributed by atoms with E-state index in [4.69, 9.17) is 5.11 Å². The Morgan fingerprint density at radius 3 is 2.47 bits per heavy atom. The molecule has 5 heteroatoms. The molecule has 1 aromatic rings. The van der Waals surface area contributed by atoms with Crippen LogP contribution in [0.3, 0.4) is 0 Å². The quantitative estimate of drug-likeness (QED) is 0.855. The molecule has 0 heterocycles. The first-order chi connectivity index (χ1) is 7.00. The molecule has 2 unspecified atom stereocenters. The number of aliphatic carboxylic acids is 1. The van der Waals surface area contributed by atoms with Crippen molar-refractivity contribution in [1.82, 2.24) is 0 Å². The highest BCUT2D eigenvalue weighted by Gasteiger charge is 2.15. The van der Waals surface area contributed by atoms with Gasteiger partial charge in [0.05, 0.1) is 16.7 Å². The van der Waals surface area contributed by atoms with Crippen LogP contribution < -0.4 is 0 Å². The first-order valence-corrected chi connectivity index (χ1v) is 5.69. The number of rotatable bonds is 4. The van der Waals surface area contributed by atoms with E-state index in [0.29, 0.717) is 4.90 Å². The Hall–Kier alpha value is -1.23. The minimum Gasteiger partial charge on any atom is -0.481 e. The van der Waals surface area contributed by atoms with E-state index in [1.165, 1.54) is 31.2 Å². The summed E-state index contributed by atoms with van der Waals surface area (Å²) < 4.78 is 24.1. The fourth-order valence-electron chi connectivity index (χ4n) is 0.981.